The number of hydrogen-bond donors (Lipinski definition) is 2. The highest BCUT2D eigenvalue weighted by Crippen LogP contribution is 2.23. The summed E-state index contributed by atoms with van der Waals surface area (Å²) in [6.07, 6.45) is 1.55. The molecule has 3 N–H and O–H groups in total. The van der Waals surface area contributed by atoms with Crippen molar-refractivity contribution in [3.05, 3.63) is 47.2 Å². The lowest BCUT2D eigenvalue weighted by molar-refractivity contribution is 0.102. The van der Waals surface area contributed by atoms with Crippen molar-refractivity contribution in [2.75, 3.05) is 18.2 Å². The Balaban J connectivity index is 2.23. The topological polar surface area (TPSA) is 77.2 Å². The van der Waals surface area contributed by atoms with Crippen molar-refractivity contribution in [2.24, 2.45) is 0 Å². The Labute approximate surface area is 115 Å². The number of ether oxygens (including phenoxy) is 1. The fourth-order valence-corrected chi connectivity index (χ4v) is 1.69. The minimum atomic E-state index is -0.312. The van der Waals surface area contributed by atoms with Crippen molar-refractivity contribution in [3.63, 3.8) is 0 Å². The zero-order valence-corrected chi connectivity index (χ0v) is 10.9. The van der Waals surface area contributed by atoms with Crippen LogP contribution in [0, 0.1) is 0 Å². The van der Waals surface area contributed by atoms with Crippen molar-refractivity contribution < 1.29 is 9.53 Å². The van der Waals surface area contributed by atoms with Gasteiger partial charge in [-0.05, 0) is 30.3 Å². The normalized spacial score (nSPS) is 10.0. The van der Waals surface area contributed by atoms with Gasteiger partial charge in [-0.1, -0.05) is 11.6 Å². The summed E-state index contributed by atoms with van der Waals surface area (Å²) in [6.45, 7) is 0. The molecule has 0 bridgehead atoms. The minimum Gasteiger partial charge on any atom is -0.495 e. The minimum absolute atomic E-state index is 0.235. The van der Waals surface area contributed by atoms with Crippen LogP contribution in [0.15, 0.2) is 36.5 Å². The second-order valence-electron chi connectivity index (χ2n) is 3.75. The van der Waals surface area contributed by atoms with Crippen LogP contribution in [-0.4, -0.2) is 18.0 Å². The third-order valence-corrected chi connectivity index (χ3v) is 2.80. The molecule has 0 radical (unpaired) electrons. The summed E-state index contributed by atoms with van der Waals surface area (Å²) < 4.78 is 5.07. The average molecular weight is 278 g/mol. The van der Waals surface area contributed by atoms with Crippen molar-refractivity contribution >= 4 is 28.9 Å². The average Bonchev–Trinajstić information content (AvgIpc) is 2.42. The largest absolute Gasteiger partial charge is 0.495 e. The Kier molecular flexibility index (Phi) is 3.87. The van der Waals surface area contributed by atoms with Crippen LogP contribution < -0.4 is 15.8 Å². The Morgan fingerprint density at radius 2 is 2.21 bits per heavy atom. The van der Waals surface area contributed by atoms with E-state index in [0.29, 0.717) is 22.7 Å². The van der Waals surface area contributed by atoms with Gasteiger partial charge in [0.2, 0.25) is 0 Å². The monoisotopic (exact) mass is 277 g/mol. The molecule has 0 saturated heterocycles. The Morgan fingerprint density at radius 3 is 2.89 bits per heavy atom. The lowest BCUT2D eigenvalue weighted by Gasteiger charge is -2.09. The summed E-state index contributed by atoms with van der Waals surface area (Å²) in [5.41, 5.74) is 7.03. The van der Waals surface area contributed by atoms with Crippen LogP contribution in [0.1, 0.15) is 10.4 Å². The van der Waals surface area contributed by atoms with E-state index in [4.69, 9.17) is 22.1 Å². The first-order valence-electron chi connectivity index (χ1n) is 5.47. The summed E-state index contributed by atoms with van der Waals surface area (Å²) in [5.74, 6) is 0.137. The number of aromatic nitrogens is 1. The molecule has 98 valence electrons. The lowest BCUT2D eigenvalue weighted by Crippen LogP contribution is -2.12. The summed E-state index contributed by atoms with van der Waals surface area (Å²) in [5, 5.41) is 2.90. The SMILES string of the molecule is COc1cc(C(=O)Nc2cccnc2Cl)ccc1N. The molecule has 0 saturated carbocycles. The van der Waals surface area contributed by atoms with E-state index in [-0.39, 0.29) is 11.1 Å². The highest BCUT2D eigenvalue weighted by Gasteiger charge is 2.11. The highest BCUT2D eigenvalue weighted by atomic mass is 35.5. The van der Waals surface area contributed by atoms with Crippen LogP contribution in [0.4, 0.5) is 11.4 Å². The van der Waals surface area contributed by atoms with E-state index in [9.17, 15) is 4.79 Å². The van der Waals surface area contributed by atoms with E-state index >= 15 is 0 Å². The second kappa shape index (κ2) is 5.58. The Bertz CT molecular complexity index is 617. The van der Waals surface area contributed by atoms with Crippen molar-refractivity contribution in [1.29, 1.82) is 0 Å². The van der Waals surface area contributed by atoms with Gasteiger partial charge in [0.1, 0.15) is 5.75 Å². The van der Waals surface area contributed by atoms with Gasteiger partial charge >= 0.3 is 0 Å². The van der Waals surface area contributed by atoms with Gasteiger partial charge in [0.05, 0.1) is 18.5 Å². The van der Waals surface area contributed by atoms with Crippen LogP contribution in [-0.2, 0) is 0 Å². The van der Waals surface area contributed by atoms with Gasteiger partial charge in [-0.25, -0.2) is 4.98 Å². The number of halogens is 1. The van der Waals surface area contributed by atoms with Crippen LogP contribution in [0.5, 0.6) is 5.75 Å². The summed E-state index contributed by atoms with van der Waals surface area (Å²) in [7, 11) is 1.49. The number of rotatable bonds is 3. The molecule has 0 aliphatic rings. The fourth-order valence-electron chi connectivity index (χ4n) is 1.53. The molecule has 6 heteroatoms. The number of carbonyl (C=O) groups excluding carboxylic acids is 1. The quantitative estimate of drug-likeness (QED) is 0.668. The molecule has 0 unspecified atom stereocenters. The van der Waals surface area contributed by atoms with Gasteiger partial charge < -0.3 is 15.8 Å². The third kappa shape index (κ3) is 2.95. The number of nitrogens with one attached hydrogen (secondary N) is 1. The molecule has 2 rings (SSSR count). The predicted molar refractivity (Wildman–Crippen MR) is 74.6 cm³/mol. The van der Waals surface area contributed by atoms with E-state index in [0.717, 1.165) is 0 Å². The Hall–Kier alpha value is -2.27. The lowest BCUT2D eigenvalue weighted by atomic mass is 10.1. The van der Waals surface area contributed by atoms with E-state index in [2.05, 4.69) is 10.3 Å². The smallest absolute Gasteiger partial charge is 0.255 e. The van der Waals surface area contributed by atoms with Crippen LogP contribution in [0.3, 0.4) is 0 Å². The van der Waals surface area contributed by atoms with Crippen molar-refractivity contribution in [2.45, 2.75) is 0 Å². The molecule has 5 nitrogen and oxygen atoms in total. The number of nitrogens with zero attached hydrogens (tertiary/aromatic N) is 1. The number of benzene rings is 1. The summed E-state index contributed by atoms with van der Waals surface area (Å²) in [6, 6.07) is 8.14. The maximum absolute atomic E-state index is 12.1. The number of hydrogen-bond acceptors (Lipinski definition) is 4. The number of carbonyl (C=O) groups is 1. The molecule has 0 aliphatic heterocycles. The van der Waals surface area contributed by atoms with Crippen molar-refractivity contribution in [1.82, 2.24) is 4.98 Å². The van der Waals surface area contributed by atoms with Gasteiger partial charge in [0.15, 0.2) is 5.15 Å². The maximum Gasteiger partial charge on any atom is 0.255 e. The van der Waals surface area contributed by atoms with Gasteiger partial charge in [-0.15, -0.1) is 0 Å². The van der Waals surface area contributed by atoms with Gasteiger partial charge in [-0.2, -0.15) is 0 Å². The Morgan fingerprint density at radius 1 is 1.42 bits per heavy atom. The zero-order valence-electron chi connectivity index (χ0n) is 10.2. The van der Waals surface area contributed by atoms with Crippen molar-refractivity contribution in [3.8, 4) is 5.75 Å². The summed E-state index contributed by atoms with van der Waals surface area (Å²) in [4.78, 5) is 15.9. The molecular weight excluding hydrogens is 266 g/mol. The van der Waals surface area contributed by atoms with E-state index in [1.165, 1.54) is 7.11 Å². The number of pyridine rings is 1. The standard InChI is InChI=1S/C13H12ClN3O2/c1-19-11-7-8(4-5-9(11)15)13(18)17-10-3-2-6-16-12(10)14/h2-7H,15H2,1H3,(H,17,18). The molecule has 0 spiro atoms. The molecule has 0 atom stereocenters. The summed E-state index contributed by atoms with van der Waals surface area (Å²) >= 11 is 5.87. The first kappa shape index (κ1) is 13.2. The fraction of sp³-hybridized carbons (Fsp3) is 0.0769. The number of methoxy groups -OCH3 is 1. The molecule has 1 aromatic carbocycles. The van der Waals surface area contributed by atoms with E-state index in [1.54, 1.807) is 36.5 Å². The maximum atomic E-state index is 12.1. The number of amides is 1. The molecule has 1 heterocycles. The first-order valence-corrected chi connectivity index (χ1v) is 5.85. The predicted octanol–water partition coefficient (Wildman–Crippen LogP) is 2.58. The van der Waals surface area contributed by atoms with Gasteiger partial charge in [-0.3, -0.25) is 4.79 Å². The molecular formula is C13H12ClN3O2. The van der Waals surface area contributed by atoms with Crippen LogP contribution >= 0.6 is 11.6 Å². The molecule has 0 aliphatic carbocycles. The number of nitrogen functional groups attached to an aromatic ring is 1. The van der Waals surface area contributed by atoms with E-state index in [1.807, 2.05) is 0 Å². The number of nitrogens with two attached hydrogens (primary N) is 1. The molecule has 19 heavy (non-hydrogen) atoms. The van der Waals surface area contributed by atoms with E-state index < -0.39 is 0 Å². The van der Waals surface area contributed by atoms with Gasteiger partial charge in [0, 0.05) is 11.8 Å². The molecule has 0 fully saturated rings. The number of anilines is 2. The van der Waals surface area contributed by atoms with Crippen LogP contribution in [0.25, 0.3) is 0 Å². The highest BCUT2D eigenvalue weighted by molar-refractivity contribution is 6.32. The molecule has 2 aromatic rings. The van der Waals surface area contributed by atoms with Crippen LogP contribution in [0.2, 0.25) is 5.15 Å². The molecule has 1 amide bonds. The van der Waals surface area contributed by atoms with Gasteiger partial charge in [0.25, 0.3) is 5.91 Å². The third-order valence-electron chi connectivity index (χ3n) is 2.50. The zero-order chi connectivity index (χ0) is 13.8. The second-order valence-corrected chi connectivity index (χ2v) is 4.11. The molecule has 1 aromatic heterocycles. The first-order chi connectivity index (χ1) is 9.11.